The van der Waals surface area contributed by atoms with Gasteiger partial charge < -0.3 is 5.32 Å². The van der Waals surface area contributed by atoms with Crippen molar-refractivity contribution in [3.05, 3.63) is 29.6 Å². The number of rotatable bonds is 2. The maximum Gasteiger partial charge on any atom is 0.0340 e. The van der Waals surface area contributed by atoms with Gasteiger partial charge in [-0.25, -0.2) is 0 Å². The standard InChI is InChI=1S/C12H16N2/c1-2-9-6-7-13-8-11(9)12(3-1)14-10-4-5-10/h6-8,10,12,14H,1-5H2. The summed E-state index contributed by atoms with van der Waals surface area (Å²) in [5.41, 5.74) is 2.95. The van der Waals surface area contributed by atoms with E-state index in [1.807, 2.05) is 6.20 Å². The fraction of sp³-hybridized carbons (Fsp3) is 0.583. The molecule has 0 bridgehead atoms. The summed E-state index contributed by atoms with van der Waals surface area (Å²) in [4.78, 5) is 4.24. The van der Waals surface area contributed by atoms with Crippen LogP contribution >= 0.6 is 0 Å². The first-order chi connectivity index (χ1) is 6.93. The number of aryl methyl sites for hydroxylation is 1. The van der Waals surface area contributed by atoms with Gasteiger partial charge >= 0.3 is 0 Å². The van der Waals surface area contributed by atoms with E-state index in [1.165, 1.54) is 43.2 Å². The Balaban J connectivity index is 1.85. The molecule has 0 saturated heterocycles. The van der Waals surface area contributed by atoms with Crippen LogP contribution < -0.4 is 5.32 Å². The van der Waals surface area contributed by atoms with Gasteiger partial charge in [0.25, 0.3) is 0 Å². The Kier molecular flexibility index (Phi) is 2.02. The molecular weight excluding hydrogens is 172 g/mol. The largest absolute Gasteiger partial charge is 0.307 e. The lowest BCUT2D eigenvalue weighted by Crippen LogP contribution is -2.26. The fourth-order valence-electron chi connectivity index (χ4n) is 2.34. The van der Waals surface area contributed by atoms with Crippen LogP contribution in [0.4, 0.5) is 0 Å². The van der Waals surface area contributed by atoms with Gasteiger partial charge in [0.15, 0.2) is 0 Å². The molecule has 1 unspecified atom stereocenters. The number of fused-ring (bicyclic) bond motifs is 1. The van der Waals surface area contributed by atoms with Gasteiger partial charge in [0, 0.05) is 24.5 Å². The minimum absolute atomic E-state index is 0.583. The normalized spacial score (nSPS) is 25.9. The van der Waals surface area contributed by atoms with E-state index in [4.69, 9.17) is 0 Å². The van der Waals surface area contributed by atoms with Gasteiger partial charge in [-0.05, 0) is 49.3 Å². The first-order valence-electron chi connectivity index (χ1n) is 5.62. The summed E-state index contributed by atoms with van der Waals surface area (Å²) in [6.45, 7) is 0. The van der Waals surface area contributed by atoms with Gasteiger partial charge in [-0.3, -0.25) is 4.98 Å². The smallest absolute Gasteiger partial charge is 0.0340 e. The van der Waals surface area contributed by atoms with Crippen LogP contribution in [0.25, 0.3) is 0 Å². The number of nitrogens with zero attached hydrogens (tertiary/aromatic N) is 1. The molecule has 1 N–H and O–H groups in total. The van der Waals surface area contributed by atoms with Crippen LogP contribution in [0.1, 0.15) is 42.9 Å². The molecule has 3 rings (SSSR count). The first kappa shape index (κ1) is 8.42. The molecule has 1 saturated carbocycles. The molecule has 1 aromatic rings. The van der Waals surface area contributed by atoms with Crippen molar-refractivity contribution in [3.8, 4) is 0 Å². The molecule has 14 heavy (non-hydrogen) atoms. The highest BCUT2D eigenvalue weighted by Gasteiger charge is 2.27. The van der Waals surface area contributed by atoms with Crippen molar-refractivity contribution >= 4 is 0 Å². The lowest BCUT2D eigenvalue weighted by molar-refractivity contribution is 0.456. The number of nitrogens with one attached hydrogen (secondary N) is 1. The lowest BCUT2D eigenvalue weighted by atomic mass is 9.89. The molecule has 0 amide bonds. The Labute approximate surface area is 84.7 Å². The molecule has 0 aliphatic heterocycles. The highest BCUT2D eigenvalue weighted by atomic mass is 15.0. The van der Waals surface area contributed by atoms with E-state index in [2.05, 4.69) is 22.6 Å². The molecule has 2 aliphatic carbocycles. The number of pyridine rings is 1. The van der Waals surface area contributed by atoms with Crippen LogP contribution in [0, 0.1) is 0 Å². The summed E-state index contributed by atoms with van der Waals surface area (Å²) in [6, 6.07) is 3.56. The highest BCUT2D eigenvalue weighted by Crippen LogP contribution is 2.32. The van der Waals surface area contributed by atoms with Crippen molar-refractivity contribution in [2.75, 3.05) is 0 Å². The zero-order chi connectivity index (χ0) is 9.38. The Morgan fingerprint density at radius 2 is 2.21 bits per heavy atom. The Morgan fingerprint density at radius 1 is 1.29 bits per heavy atom. The molecule has 0 spiro atoms. The molecule has 0 radical (unpaired) electrons. The summed E-state index contributed by atoms with van der Waals surface area (Å²) in [5, 5.41) is 3.71. The van der Waals surface area contributed by atoms with E-state index >= 15 is 0 Å². The van der Waals surface area contributed by atoms with E-state index in [0.29, 0.717) is 6.04 Å². The molecule has 0 aromatic carbocycles. The van der Waals surface area contributed by atoms with Crippen LogP contribution in [0.15, 0.2) is 18.5 Å². The summed E-state index contributed by atoms with van der Waals surface area (Å²) < 4.78 is 0. The molecule has 2 heteroatoms. The second kappa shape index (κ2) is 3.35. The molecule has 1 aromatic heterocycles. The monoisotopic (exact) mass is 188 g/mol. The number of hydrogen-bond donors (Lipinski definition) is 1. The van der Waals surface area contributed by atoms with E-state index < -0.39 is 0 Å². The second-order valence-electron chi connectivity index (χ2n) is 4.46. The van der Waals surface area contributed by atoms with Crippen LogP contribution in [-0.2, 0) is 6.42 Å². The van der Waals surface area contributed by atoms with E-state index in [0.717, 1.165) is 6.04 Å². The van der Waals surface area contributed by atoms with Crippen molar-refractivity contribution in [2.24, 2.45) is 0 Å². The number of aromatic nitrogens is 1. The minimum Gasteiger partial charge on any atom is -0.307 e. The topological polar surface area (TPSA) is 24.9 Å². The third-order valence-corrected chi connectivity index (χ3v) is 3.27. The van der Waals surface area contributed by atoms with Crippen molar-refractivity contribution in [1.29, 1.82) is 0 Å². The van der Waals surface area contributed by atoms with E-state index in [-0.39, 0.29) is 0 Å². The van der Waals surface area contributed by atoms with Gasteiger partial charge in [-0.15, -0.1) is 0 Å². The predicted octanol–water partition coefficient (Wildman–Crippen LogP) is 2.21. The quantitative estimate of drug-likeness (QED) is 0.769. The van der Waals surface area contributed by atoms with Gasteiger partial charge in [0.05, 0.1) is 0 Å². The van der Waals surface area contributed by atoms with Crippen molar-refractivity contribution in [2.45, 2.75) is 44.2 Å². The summed E-state index contributed by atoms with van der Waals surface area (Å²) in [5.74, 6) is 0. The Bertz CT molecular complexity index is 331. The van der Waals surface area contributed by atoms with Crippen molar-refractivity contribution in [3.63, 3.8) is 0 Å². The minimum atomic E-state index is 0.583. The van der Waals surface area contributed by atoms with Crippen molar-refractivity contribution in [1.82, 2.24) is 10.3 Å². The molecule has 2 aliphatic rings. The molecule has 74 valence electrons. The molecule has 2 nitrogen and oxygen atoms in total. The fourth-order valence-corrected chi connectivity index (χ4v) is 2.34. The first-order valence-corrected chi connectivity index (χ1v) is 5.62. The molecule has 1 heterocycles. The second-order valence-corrected chi connectivity index (χ2v) is 4.46. The van der Waals surface area contributed by atoms with Gasteiger partial charge in [-0.1, -0.05) is 0 Å². The van der Waals surface area contributed by atoms with Crippen LogP contribution in [0.2, 0.25) is 0 Å². The third-order valence-electron chi connectivity index (χ3n) is 3.27. The SMILES string of the molecule is c1cc2c(cn1)C(NC1CC1)CCC2. The summed E-state index contributed by atoms with van der Waals surface area (Å²) in [6.07, 6.45) is 10.5. The lowest BCUT2D eigenvalue weighted by Gasteiger charge is -2.25. The number of hydrogen-bond acceptors (Lipinski definition) is 2. The Morgan fingerprint density at radius 3 is 3.07 bits per heavy atom. The summed E-state index contributed by atoms with van der Waals surface area (Å²) in [7, 11) is 0. The van der Waals surface area contributed by atoms with Crippen molar-refractivity contribution < 1.29 is 0 Å². The van der Waals surface area contributed by atoms with Gasteiger partial charge in [0.1, 0.15) is 0 Å². The van der Waals surface area contributed by atoms with E-state index in [1.54, 1.807) is 0 Å². The maximum atomic E-state index is 4.24. The average Bonchev–Trinajstić information content (AvgIpc) is 3.03. The van der Waals surface area contributed by atoms with Crippen LogP contribution in [-0.4, -0.2) is 11.0 Å². The molecule has 1 fully saturated rings. The predicted molar refractivity (Wildman–Crippen MR) is 56.1 cm³/mol. The van der Waals surface area contributed by atoms with E-state index in [9.17, 15) is 0 Å². The highest BCUT2D eigenvalue weighted by molar-refractivity contribution is 5.29. The van der Waals surface area contributed by atoms with Crippen LogP contribution in [0.5, 0.6) is 0 Å². The Hall–Kier alpha value is -0.890. The zero-order valence-electron chi connectivity index (χ0n) is 8.37. The molecular formula is C12H16N2. The maximum absolute atomic E-state index is 4.24. The van der Waals surface area contributed by atoms with Gasteiger partial charge in [-0.2, -0.15) is 0 Å². The zero-order valence-corrected chi connectivity index (χ0v) is 8.37. The van der Waals surface area contributed by atoms with Gasteiger partial charge in [0.2, 0.25) is 0 Å². The average molecular weight is 188 g/mol. The summed E-state index contributed by atoms with van der Waals surface area (Å²) >= 11 is 0. The third kappa shape index (κ3) is 1.55. The van der Waals surface area contributed by atoms with Crippen LogP contribution in [0.3, 0.4) is 0 Å². The molecule has 1 atom stereocenters.